The third-order valence-corrected chi connectivity index (χ3v) is 3.20. The molecular formula is C15H16N4O3. The average molecular weight is 300 g/mol. The number of nitriles is 1. The molecule has 0 saturated heterocycles. The van der Waals surface area contributed by atoms with Crippen molar-refractivity contribution in [3.8, 4) is 11.8 Å². The van der Waals surface area contributed by atoms with Gasteiger partial charge in [0.1, 0.15) is 17.6 Å². The largest absolute Gasteiger partial charge is 0.494 e. The van der Waals surface area contributed by atoms with Crippen molar-refractivity contribution in [3.05, 3.63) is 50.7 Å². The topological polar surface area (TPSA) is 89.1 Å². The summed E-state index contributed by atoms with van der Waals surface area (Å²) in [5.74, 6) is 0.881. The van der Waals surface area contributed by atoms with E-state index in [1.165, 1.54) is 18.7 Å². The molecule has 0 unspecified atom stereocenters. The van der Waals surface area contributed by atoms with Gasteiger partial charge in [-0.15, -0.1) is 0 Å². The zero-order chi connectivity index (χ0) is 16.3. The third-order valence-electron chi connectivity index (χ3n) is 3.20. The van der Waals surface area contributed by atoms with E-state index in [1.807, 2.05) is 13.0 Å². The van der Waals surface area contributed by atoms with Crippen molar-refractivity contribution in [1.82, 2.24) is 9.13 Å². The van der Waals surface area contributed by atoms with E-state index in [0.717, 1.165) is 4.57 Å². The monoisotopic (exact) mass is 300 g/mol. The van der Waals surface area contributed by atoms with Crippen LogP contribution in [0.5, 0.6) is 5.75 Å². The summed E-state index contributed by atoms with van der Waals surface area (Å²) < 4.78 is 7.48. The second kappa shape index (κ2) is 6.18. The van der Waals surface area contributed by atoms with E-state index < -0.39 is 11.2 Å². The molecular weight excluding hydrogens is 284 g/mol. The van der Waals surface area contributed by atoms with Crippen LogP contribution in [0.3, 0.4) is 0 Å². The lowest BCUT2D eigenvalue weighted by molar-refractivity contribution is 0.340. The lowest BCUT2D eigenvalue weighted by atomic mass is 10.2. The molecule has 114 valence electrons. The van der Waals surface area contributed by atoms with E-state index >= 15 is 0 Å². The lowest BCUT2D eigenvalue weighted by Gasteiger charge is -2.14. The quantitative estimate of drug-likeness (QED) is 0.913. The summed E-state index contributed by atoms with van der Waals surface area (Å²) in [7, 11) is 2.84. The van der Waals surface area contributed by atoms with Gasteiger partial charge >= 0.3 is 5.69 Å². The van der Waals surface area contributed by atoms with E-state index in [4.69, 9.17) is 4.74 Å². The average Bonchev–Trinajstić information content (AvgIpc) is 2.53. The molecule has 0 radical (unpaired) electrons. The highest BCUT2D eigenvalue weighted by Gasteiger charge is 2.15. The van der Waals surface area contributed by atoms with E-state index in [-0.39, 0.29) is 11.4 Å². The van der Waals surface area contributed by atoms with E-state index in [0.29, 0.717) is 18.0 Å². The van der Waals surface area contributed by atoms with Crippen molar-refractivity contribution in [2.75, 3.05) is 11.9 Å². The molecule has 7 nitrogen and oxygen atoms in total. The molecule has 2 rings (SSSR count). The molecule has 0 amide bonds. The Morgan fingerprint density at radius 3 is 2.36 bits per heavy atom. The molecule has 1 aromatic carbocycles. The predicted molar refractivity (Wildman–Crippen MR) is 82.5 cm³/mol. The van der Waals surface area contributed by atoms with Crippen molar-refractivity contribution < 1.29 is 4.74 Å². The first-order valence-electron chi connectivity index (χ1n) is 6.69. The summed E-state index contributed by atoms with van der Waals surface area (Å²) in [5.41, 5.74) is -0.599. The fourth-order valence-corrected chi connectivity index (χ4v) is 2.03. The normalized spacial score (nSPS) is 10.1. The Morgan fingerprint density at radius 2 is 1.82 bits per heavy atom. The summed E-state index contributed by atoms with van der Waals surface area (Å²) >= 11 is 0. The standard InChI is InChI=1S/C15H16N4O3/c1-4-22-11-7-5-10(6-8-11)17-13-12(9-16)14(20)19(3)15(21)18(13)2/h5-8,17H,4H2,1-3H3. The van der Waals surface area contributed by atoms with Crippen LogP contribution in [-0.4, -0.2) is 15.7 Å². The molecule has 0 bridgehead atoms. The molecule has 0 spiro atoms. The van der Waals surface area contributed by atoms with Crippen LogP contribution in [0, 0.1) is 11.3 Å². The van der Waals surface area contributed by atoms with Crippen molar-refractivity contribution in [2.45, 2.75) is 6.92 Å². The van der Waals surface area contributed by atoms with Gasteiger partial charge in [-0.2, -0.15) is 5.26 Å². The summed E-state index contributed by atoms with van der Waals surface area (Å²) in [6.07, 6.45) is 0. The Bertz CT molecular complexity index is 841. The highest BCUT2D eigenvalue weighted by atomic mass is 16.5. The van der Waals surface area contributed by atoms with Crippen LogP contribution in [0.25, 0.3) is 0 Å². The first-order chi connectivity index (χ1) is 10.5. The number of benzene rings is 1. The van der Waals surface area contributed by atoms with Crippen molar-refractivity contribution in [1.29, 1.82) is 5.26 Å². The Hall–Kier alpha value is -3.01. The van der Waals surface area contributed by atoms with E-state index in [2.05, 4.69) is 5.32 Å². The Morgan fingerprint density at radius 1 is 1.18 bits per heavy atom. The maximum atomic E-state index is 12.0. The number of rotatable bonds is 4. The highest BCUT2D eigenvalue weighted by molar-refractivity contribution is 5.63. The number of nitrogens with zero attached hydrogens (tertiary/aromatic N) is 3. The highest BCUT2D eigenvalue weighted by Crippen LogP contribution is 2.20. The summed E-state index contributed by atoms with van der Waals surface area (Å²) in [4.78, 5) is 24.0. The molecule has 0 aliphatic heterocycles. The zero-order valence-electron chi connectivity index (χ0n) is 12.6. The van der Waals surface area contributed by atoms with Gasteiger partial charge in [0, 0.05) is 19.8 Å². The molecule has 22 heavy (non-hydrogen) atoms. The number of anilines is 2. The van der Waals surface area contributed by atoms with Gasteiger partial charge in [0.15, 0.2) is 5.56 Å². The Balaban J connectivity index is 2.48. The van der Waals surface area contributed by atoms with Crippen LogP contribution in [0.15, 0.2) is 33.9 Å². The molecule has 0 fully saturated rings. The van der Waals surface area contributed by atoms with Gasteiger partial charge in [-0.25, -0.2) is 4.79 Å². The van der Waals surface area contributed by atoms with Gasteiger partial charge < -0.3 is 10.1 Å². The summed E-state index contributed by atoms with van der Waals surface area (Å²) in [5, 5.41) is 12.1. The Labute approximate surface area is 127 Å². The maximum absolute atomic E-state index is 12.0. The molecule has 2 aromatic rings. The van der Waals surface area contributed by atoms with Crippen LogP contribution in [0.1, 0.15) is 12.5 Å². The third kappa shape index (κ3) is 2.72. The van der Waals surface area contributed by atoms with Crippen molar-refractivity contribution >= 4 is 11.5 Å². The Kier molecular flexibility index (Phi) is 4.32. The van der Waals surface area contributed by atoms with Crippen LogP contribution in [0.4, 0.5) is 11.5 Å². The number of hydrogen-bond donors (Lipinski definition) is 1. The zero-order valence-corrected chi connectivity index (χ0v) is 12.6. The van der Waals surface area contributed by atoms with Gasteiger partial charge in [0.2, 0.25) is 0 Å². The maximum Gasteiger partial charge on any atom is 0.332 e. The fourth-order valence-electron chi connectivity index (χ4n) is 2.03. The molecule has 0 aliphatic carbocycles. The molecule has 1 aromatic heterocycles. The summed E-state index contributed by atoms with van der Waals surface area (Å²) in [6.45, 7) is 2.45. The van der Waals surface area contributed by atoms with Crippen molar-refractivity contribution in [2.24, 2.45) is 14.1 Å². The van der Waals surface area contributed by atoms with Gasteiger partial charge in [-0.3, -0.25) is 13.9 Å². The van der Waals surface area contributed by atoms with Gasteiger partial charge in [-0.1, -0.05) is 0 Å². The molecule has 0 saturated carbocycles. The number of aromatic nitrogens is 2. The molecule has 0 atom stereocenters. The van der Waals surface area contributed by atoms with Crippen molar-refractivity contribution in [3.63, 3.8) is 0 Å². The predicted octanol–water partition coefficient (Wildman–Crippen LogP) is 1.10. The first kappa shape index (κ1) is 15.4. The van der Waals surface area contributed by atoms with Crippen LogP contribution >= 0.6 is 0 Å². The first-order valence-corrected chi connectivity index (χ1v) is 6.69. The van der Waals surface area contributed by atoms with Crippen LogP contribution in [0.2, 0.25) is 0 Å². The smallest absolute Gasteiger partial charge is 0.332 e. The second-order valence-electron chi connectivity index (χ2n) is 4.62. The minimum Gasteiger partial charge on any atom is -0.494 e. The number of hydrogen-bond acceptors (Lipinski definition) is 5. The van der Waals surface area contributed by atoms with Crippen LogP contribution < -0.4 is 21.3 Å². The minimum atomic E-state index is -0.626. The molecule has 7 heteroatoms. The number of ether oxygens (including phenoxy) is 1. The molecule has 1 N–H and O–H groups in total. The van der Waals surface area contributed by atoms with Gasteiger partial charge in [0.25, 0.3) is 5.56 Å². The fraction of sp³-hybridized carbons (Fsp3) is 0.267. The summed E-state index contributed by atoms with van der Waals surface area (Å²) in [6, 6.07) is 8.85. The number of nitrogens with one attached hydrogen (secondary N) is 1. The van der Waals surface area contributed by atoms with Gasteiger partial charge in [0.05, 0.1) is 6.61 Å². The van der Waals surface area contributed by atoms with E-state index in [1.54, 1.807) is 24.3 Å². The molecule has 1 heterocycles. The second-order valence-corrected chi connectivity index (χ2v) is 4.62. The van der Waals surface area contributed by atoms with Gasteiger partial charge in [-0.05, 0) is 31.2 Å². The van der Waals surface area contributed by atoms with E-state index in [9.17, 15) is 14.9 Å². The van der Waals surface area contributed by atoms with Crippen LogP contribution in [-0.2, 0) is 14.1 Å². The lowest BCUT2D eigenvalue weighted by Crippen LogP contribution is -2.39. The SMILES string of the molecule is CCOc1ccc(Nc2c(C#N)c(=O)n(C)c(=O)n2C)cc1. The minimum absolute atomic E-state index is 0.113. The molecule has 0 aliphatic rings.